The quantitative estimate of drug-likeness (QED) is 0.763. The zero-order chi connectivity index (χ0) is 13.0. The van der Waals surface area contributed by atoms with Gasteiger partial charge in [-0.3, -0.25) is 0 Å². The highest BCUT2D eigenvalue weighted by Gasteiger charge is 1.99. The Bertz CT molecular complexity index is 521. The molecule has 18 heavy (non-hydrogen) atoms. The molecule has 0 unspecified atom stereocenters. The van der Waals surface area contributed by atoms with Crippen LogP contribution >= 0.6 is 31.9 Å². The topological polar surface area (TPSA) is 12.0 Å². The van der Waals surface area contributed by atoms with E-state index in [4.69, 9.17) is 0 Å². The molecule has 0 saturated carbocycles. The van der Waals surface area contributed by atoms with E-state index in [-0.39, 0.29) is 0 Å². The largest absolute Gasteiger partial charge is 0.381 e. The maximum Gasteiger partial charge on any atom is 0.0401 e. The molecular formula is C15H15Br2N. The first-order chi connectivity index (χ1) is 8.69. The van der Waals surface area contributed by atoms with E-state index in [0.29, 0.717) is 0 Å². The van der Waals surface area contributed by atoms with Crippen molar-refractivity contribution in [3.05, 3.63) is 62.5 Å². The van der Waals surface area contributed by atoms with Crippen LogP contribution in [0, 0.1) is 0 Å². The summed E-state index contributed by atoms with van der Waals surface area (Å²) in [7, 11) is 0. The van der Waals surface area contributed by atoms with Crippen molar-refractivity contribution < 1.29 is 0 Å². The van der Waals surface area contributed by atoms with Crippen molar-refractivity contribution in [3.63, 3.8) is 0 Å². The Balaban J connectivity index is 1.99. The van der Waals surface area contributed by atoms with Crippen molar-refractivity contribution in [2.24, 2.45) is 0 Å². The predicted octanol–water partition coefficient (Wildman–Crippen LogP) is 5.39. The molecule has 0 atom stereocenters. The van der Waals surface area contributed by atoms with Crippen molar-refractivity contribution in [1.29, 1.82) is 0 Å². The summed E-state index contributed by atoms with van der Waals surface area (Å²) >= 11 is 6.99. The molecule has 0 aliphatic heterocycles. The lowest BCUT2D eigenvalue weighted by Crippen LogP contribution is -1.99. The van der Waals surface area contributed by atoms with E-state index in [1.54, 1.807) is 0 Å². The maximum atomic E-state index is 3.52. The minimum Gasteiger partial charge on any atom is -0.381 e. The second kappa shape index (κ2) is 6.39. The van der Waals surface area contributed by atoms with Crippen LogP contribution in [0.2, 0.25) is 0 Å². The molecule has 2 rings (SSSR count). The van der Waals surface area contributed by atoms with Gasteiger partial charge in [0.05, 0.1) is 0 Å². The molecule has 0 aliphatic carbocycles. The highest BCUT2D eigenvalue weighted by Crippen LogP contribution is 2.24. The summed E-state index contributed by atoms with van der Waals surface area (Å²) in [5.41, 5.74) is 3.78. The Morgan fingerprint density at radius 1 is 0.889 bits per heavy atom. The smallest absolute Gasteiger partial charge is 0.0401 e. The number of halogens is 2. The third-order valence-corrected chi connectivity index (χ3v) is 4.72. The van der Waals surface area contributed by atoms with Gasteiger partial charge in [-0.2, -0.15) is 0 Å². The van der Waals surface area contributed by atoms with E-state index in [1.165, 1.54) is 11.1 Å². The summed E-state index contributed by atoms with van der Waals surface area (Å²) < 4.78 is 2.17. The van der Waals surface area contributed by atoms with Crippen LogP contribution in [0.25, 0.3) is 0 Å². The van der Waals surface area contributed by atoms with Crippen LogP contribution < -0.4 is 5.32 Å². The van der Waals surface area contributed by atoms with Gasteiger partial charge in [0.15, 0.2) is 0 Å². The molecule has 0 aromatic heterocycles. The molecule has 1 nitrogen and oxygen atoms in total. The minimum atomic E-state index is 0.831. The fraction of sp³-hybridized carbons (Fsp3) is 0.200. The highest BCUT2D eigenvalue weighted by atomic mass is 79.9. The zero-order valence-electron chi connectivity index (χ0n) is 10.2. The molecule has 2 aromatic carbocycles. The molecule has 1 N–H and O–H groups in total. The zero-order valence-corrected chi connectivity index (χ0v) is 13.4. The van der Waals surface area contributed by atoms with Crippen molar-refractivity contribution in [2.45, 2.75) is 19.9 Å². The fourth-order valence-electron chi connectivity index (χ4n) is 1.71. The average molecular weight is 369 g/mol. The summed E-state index contributed by atoms with van der Waals surface area (Å²) in [6, 6.07) is 14.9. The van der Waals surface area contributed by atoms with Gasteiger partial charge >= 0.3 is 0 Å². The third-order valence-electron chi connectivity index (χ3n) is 2.84. The molecule has 0 fully saturated rings. The molecule has 0 bridgehead atoms. The molecular weight excluding hydrogens is 354 g/mol. The summed E-state index contributed by atoms with van der Waals surface area (Å²) in [4.78, 5) is 0. The molecule has 94 valence electrons. The SMILES string of the molecule is CCc1ccc(NCc2ccc(Br)c(Br)c2)cc1. The van der Waals surface area contributed by atoms with Crippen molar-refractivity contribution in [1.82, 2.24) is 0 Å². The second-order valence-electron chi connectivity index (χ2n) is 4.15. The average Bonchev–Trinajstić information content (AvgIpc) is 2.41. The standard InChI is InChI=1S/C15H15Br2N/c1-2-11-3-6-13(7-4-11)18-10-12-5-8-14(16)15(17)9-12/h3-9,18H,2,10H2,1H3. The number of nitrogens with one attached hydrogen (secondary N) is 1. The number of hydrogen-bond donors (Lipinski definition) is 1. The first-order valence-electron chi connectivity index (χ1n) is 5.96. The lowest BCUT2D eigenvalue weighted by molar-refractivity contribution is 1.12. The number of anilines is 1. The van der Waals surface area contributed by atoms with Crippen LogP contribution in [0.15, 0.2) is 51.4 Å². The van der Waals surface area contributed by atoms with E-state index < -0.39 is 0 Å². The normalized spacial score (nSPS) is 10.4. The van der Waals surface area contributed by atoms with E-state index >= 15 is 0 Å². The molecule has 0 radical (unpaired) electrons. The lowest BCUT2D eigenvalue weighted by atomic mass is 10.1. The number of benzene rings is 2. The fourth-order valence-corrected chi connectivity index (χ4v) is 2.38. The Morgan fingerprint density at radius 2 is 1.56 bits per heavy atom. The minimum absolute atomic E-state index is 0.831. The number of hydrogen-bond acceptors (Lipinski definition) is 1. The molecule has 3 heteroatoms. The number of aryl methyl sites for hydroxylation is 1. The predicted molar refractivity (Wildman–Crippen MR) is 85.0 cm³/mol. The summed E-state index contributed by atoms with van der Waals surface area (Å²) in [5.74, 6) is 0. The van der Waals surface area contributed by atoms with Crippen LogP contribution in [-0.4, -0.2) is 0 Å². The Kier molecular flexibility index (Phi) is 4.84. The van der Waals surface area contributed by atoms with Gasteiger partial charge in [-0.15, -0.1) is 0 Å². The van der Waals surface area contributed by atoms with E-state index in [0.717, 1.165) is 27.6 Å². The highest BCUT2D eigenvalue weighted by molar-refractivity contribution is 9.13. The first kappa shape index (κ1) is 13.6. The van der Waals surface area contributed by atoms with Gasteiger partial charge in [-0.25, -0.2) is 0 Å². The monoisotopic (exact) mass is 367 g/mol. The Labute approximate surface area is 125 Å². The van der Waals surface area contributed by atoms with Crippen molar-refractivity contribution >= 4 is 37.5 Å². The Morgan fingerprint density at radius 3 is 2.17 bits per heavy atom. The summed E-state index contributed by atoms with van der Waals surface area (Å²) in [5, 5.41) is 3.42. The van der Waals surface area contributed by atoms with Gasteiger partial charge in [0.2, 0.25) is 0 Å². The van der Waals surface area contributed by atoms with Crippen LogP contribution in [0.4, 0.5) is 5.69 Å². The third kappa shape index (κ3) is 3.59. The van der Waals surface area contributed by atoms with E-state index in [9.17, 15) is 0 Å². The molecule has 2 aromatic rings. The van der Waals surface area contributed by atoms with Crippen molar-refractivity contribution in [2.75, 3.05) is 5.32 Å². The second-order valence-corrected chi connectivity index (χ2v) is 5.86. The van der Waals surface area contributed by atoms with Gasteiger partial charge in [0.25, 0.3) is 0 Å². The van der Waals surface area contributed by atoms with Gasteiger partial charge in [0, 0.05) is 21.2 Å². The number of rotatable bonds is 4. The molecule has 0 spiro atoms. The van der Waals surface area contributed by atoms with E-state index in [1.807, 2.05) is 0 Å². The molecule has 0 amide bonds. The first-order valence-corrected chi connectivity index (χ1v) is 7.54. The van der Waals surface area contributed by atoms with Gasteiger partial charge < -0.3 is 5.32 Å². The molecule has 0 saturated heterocycles. The lowest BCUT2D eigenvalue weighted by Gasteiger charge is -2.08. The molecule has 0 aliphatic rings. The van der Waals surface area contributed by atoms with Gasteiger partial charge in [-0.05, 0) is 73.7 Å². The van der Waals surface area contributed by atoms with Crippen LogP contribution in [0.3, 0.4) is 0 Å². The Hall–Kier alpha value is -0.800. The van der Waals surface area contributed by atoms with Crippen LogP contribution in [0.5, 0.6) is 0 Å². The van der Waals surface area contributed by atoms with E-state index in [2.05, 4.69) is 86.6 Å². The summed E-state index contributed by atoms with van der Waals surface area (Å²) in [6.07, 6.45) is 1.08. The van der Waals surface area contributed by atoms with Crippen LogP contribution in [-0.2, 0) is 13.0 Å². The maximum absolute atomic E-state index is 3.52. The van der Waals surface area contributed by atoms with Crippen LogP contribution in [0.1, 0.15) is 18.1 Å². The van der Waals surface area contributed by atoms with Gasteiger partial charge in [0.1, 0.15) is 0 Å². The van der Waals surface area contributed by atoms with Gasteiger partial charge in [-0.1, -0.05) is 25.1 Å². The molecule has 0 heterocycles. The van der Waals surface area contributed by atoms with Crippen molar-refractivity contribution in [3.8, 4) is 0 Å². The summed E-state index contributed by atoms with van der Waals surface area (Å²) in [6.45, 7) is 3.00.